The Morgan fingerprint density at radius 3 is 2.59 bits per heavy atom. The third kappa shape index (κ3) is 2.98. The molecule has 0 aliphatic rings. The molecule has 0 radical (unpaired) electrons. The molecule has 0 aliphatic heterocycles. The predicted octanol–water partition coefficient (Wildman–Crippen LogP) is 1.94. The number of nitrogens with one attached hydrogen (secondary N) is 1. The van der Waals surface area contributed by atoms with Gasteiger partial charge in [0.2, 0.25) is 0 Å². The highest BCUT2D eigenvalue weighted by Gasteiger charge is 2.08. The summed E-state index contributed by atoms with van der Waals surface area (Å²) in [5.74, 6) is 0.836. The molecule has 0 bridgehead atoms. The summed E-state index contributed by atoms with van der Waals surface area (Å²) in [5, 5.41) is 25.6. The Morgan fingerprint density at radius 1 is 1.29 bits per heavy atom. The van der Waals surface area contributed by atoms with Crippen molar-refractivity contribution in [3.8, 4) is 11.5 Å². The van der Waals surface area contributed by atoms with Crippen molar-refractivity contribution in [3.63, 3.8) is 0 Å². The molecule has 5 nitrogen and oxygen atoms in total. The smallest absolute Gasteiger partial charge is 0.150 e. The van der Waals surface area contributed by atoms with Crippen LogP contribution in [0.4, 0.5) is 0 Å². The molecule has 0 aliphatic carbocycles. The van der Waals surface area contributed by atoms with Gasteiger partial charge in [-0.3, -0.25) is 0 Å². The molecular weight excluding hydrogens is 220 g/mol. The summed E-state index contributed by atoms with van der Waals surface area (Å²) in [6.45, 7) is 2.47. The Bertz CT molecular complexity index is 462. The molecule has 0 saturated heterocycles. The summed E-state index contributed by atoms with van der Waals surface area (Å²) < 4.78 is 4.96. The van der Waals surface area contributed by atoms with E-state index in [4.69, 9.17) is 4.52 Å². The molecule has 5 heteroatoms. The minimum atomic E-state index is -0.0156. The monoisotopic (exact) mass is 234 g/mol. The minimum Gasteiger partial charge on any atom is -0.508 e. The van der Waals surface area contributed by atoms with E-state index in [1.807, 2.05) is 6.92 Å². The number of aromatic nitrogens is 1. The quantitative estimate of drug-likeness (QED) is 0.753. The first-order valence-electron chi connectivity index (χ1n) is 5.31. The van der Waals surface area contributed by atoms with Gasteiger partial charge in [0.1, 0.15) is 17.3 Å². The van der Waals surface area contributed by atoms with Crippen molar-refractivity contribution < 1.29 is 14.7 Å². The number of phenols is 2. The van der Waals surface area contributed by atoms with E-state index in [0.717, 1.165) is 11.3 Å². The summed E-state index contributed by atoms with van der Waals surface area (Å²) >= 11 is 0. The fourth-order valence-electron chi connectivity index (χ4n) is 1.57. The Labute approximate surface area is 98.7 Å². The zero-order chi connectivity index (χ0) is 12.3. The summed E-state index contributed by atoms with van der Waals surface area (Å²) in [6.07, 6.45) is 1.59. The number of hydrogen-bond acceptors (Lipinski definition) is 5. The largest absolute Gasteiger partial charge is 0.508 e. The van der Waals surface area contributed by atoms with Gasteiger partial charge in [-0.1, -0.05) is 5.16 Å². The van der Waals surface area contributed by atoms with Crippen molar-refractivity contribution in [1.29, 1.82) is 0 Å². The fourth-order valence-corrected chi connectivity index (χ4v) is 1.57. The number of benzene rings is 1. The van der Waals surface area contributed by atoms with Gasteiger partial charge in [-0.2, -0.15) is 0 Å². The number of phenolic OH excluding ortho intramolecular Hbond substituents is 2. The van der Waals surface area contributed by atoms with Crippen LogP contribution in [0, 0.1) is 0 Å². The Hall–Kier alpha value is -2.01. The van der Waals surface area contributed by atoms with Gasteiger partial charge in [0.15, 0.2) is 0 Å². The molecule has 1 unspecified atom stereocenters. The molecule has 0 saturated carbocycles. The lowest BCUT2D eigenvalue weighted by molar-refractivity contribution is 0.365. The maximum Gasteiger partial charge on any atom is 0.150 e. The lowest BCUT2D eigenvalue weighted by atomic mass is 10.1. The van der Waals surface area contributed by atoms with E-state index < -0.39 is 0 Å². The number of nitrogens with zero attached hydrogens (tertiary/aromatic N) is 1. The van der Waals surface area contributed by atoms with Gasteiger partial charge in [0.25, 0.3) is 0 Å². The van der Waals surface area contributed by atoms with E-state index in [1.165, 1.54) is 6.07 Å². The second-order valence-electron chi connectivity index (χ2n) is 3.86. The highest BCUT2D eigenvalue weighted by molar-refractivity contribution is 5.37. The van der Waals surface area contributed by atoms with Crippen LogP contribution in [0.2, 0.25) is 0 Å². The van der Waals surface area contributed by atoms with Gasteiger partial charge in [-0.15, -0.1) is 0 Å². The first-order chi connectivity index (χ1) is 8.15. The maximum absolute atomic E-state index is 9.38. The van der Waals surface area contributed by atoms with Gasteiger partial charge < -0.3 is 20.1 Å². The van der Waals surface area contributed by atoms with Gasteiger partial charge in [0, 0.05) is 18.2 Å². The number of hydrogen-bond donors (Lipinski definition) is 3. The molecular formula is C12H14N2O3. The maximum atomic E-state index is 9.38. The van der Waals surface area contributed by atoms with Gasteiger partial charge >= 0.3 is 0 Å². The van der Waals surface area contributed by atoms with Gasteiger partial charge in [-0.25, -0.2) is 0 Å². The Morgan fingerprint density at radius 2 is 2.00 bits per heavy atom. The summed E-state index contributed by atoms with van der Waals surface area (Å²) in [6, 6.07) is 6.28. The lowest BCUT2D eigenvalue weighted by Gasteiger charge is -2.13. The molecule has 0 fully saturated rings. The van der Waals surface area contributed by atoms with E-state index in [-0.39, 0.29) is 17.5 Å². The second-order valence-corrected chi connectivity index (χ2v) is 3.86. The van der Waals surface area contributed by atoms with Crippen molar-refractivity contribution in [2.75, 3.05) is 0 Å². The van der Waals surface area contributed by atoms with Crippen LogP contribution >= 0.6 is 0 Å². The van der Waals surface area contributed by atoms with Crippen molar-refractivity contribution in [1.82, 2.24) is 10.5 Å². The fraction of sp³-hybridized carbons (Fsp3) is 0.250. The van der Waals surface area contributed by atoms with E-state index in [2.05, 4.69) is 10.5 Å². The zero-order valence-electron chi connectivity index (χ0n) is 9.42. The first-order valence-corrected chi connectivity index (χ1v) is 5.31. The van der Waals surface area contributed by atoms with E-state index in [1.54, 1.807) is 24.4 Å². The highest BCUT2D eigenvalue weighted by Crippen LogP contribution is 2.24. The number of rotatable bonds is 4. The van der Waals surface area contributed by atoms with Crippen molar-refractivity contribution in [2.24, 2.45) is 0 Å². The molecule has 2 aromatic rings. The molecule has 1 aromatic heterocycles. The van der Waals surface area contributed by atoms with Crippen LogP contribution in [-0.2, 0) is 6.54 Å². The summed E-state index contributed by atoms with van der Waals surface area (Å²) in [5.41, 5.74) is 0.807. The molecule has 1 aromatic carbocycles. The van der Waals surface area contributed by atoms with Crippen LogP contribution in [0.1, 0.15) is 24.3 Å². The average molecular weight is 234 g/mol. The first kappa shape index (κ1) is 11.5. The van der Waals surface area contributed by atoms with E-state index in [9.17, 15) is 10.2 Å². The molecule has 0 spiro atoms. The highest BCUT2D eigenvalue weighted by atomic mass is 16.5. The second kappa shape index (κ2) is 4.88. The standard InChI is InChI=1S/C12H14N2O3/c1-8(13-7-12-2-3-14-17-12)9-4-10(15)6-11(16)5-9/h2-6,8,13,15-16H,7H2,1H3. The SMILES string of the molecule is CC(NCc1ccno1)c1cc(O)cc(O)c1. The van der Waals surface area contributed by atoms with Crippen molar-refractivity contribution in [3.05, 3.63) is 41.8 Å². The van der Waals surface area contributed by atoms with Crippen LogP contribution in [-0.4, -0.2) is 15.4 Å². The third-order valence-electron chi connectivity index (χ3n) is 2.50. The van der Waals surface area contributed by atoms with Crippen LogP contribution in [0.15, 0.2) is 35.0 Å². The van der Waals surface area contributed by atoms with E-state index in [0.29, 0.717) is 6.54 Å². The molecule has 3 N–H and O–H groups in total. The molecule has 90 valence electrons. The Balaban J connectivity index is 2.01. The lowest BCUT2D eigenvalue weighted by Crippen LogP contribution is -2.17. The molecule has 1 atom stereocenters. The summed E-state index contributed by atoms with van der Waals surface area (Å²) in [7, 11) is 0. The van der Waals surface area contributed by atoms with E-state index >= 15 is 0 Å². The minimum absolute atomic E-state index is 0.0156. The topological polar surface area (TPSA) is 78.5 Å². The summed E-state index contributed by atoms with van der Waals surface area (Å²) in [4.78, 5) is 0. The number of aromatic hydroxyl groups is 2. The molecule has 2 rings (SSSR count). The molecule has 17 heavy (non-hydrogen) atoms. The van der Waals surface area contributed by atoms with Crippen LogP contribution in [0.5, 0.6) is 11.5 Å². The predicted molar refractivity (Wildman–Crippen MR) is 61.5 cm³/mol. The van der Waals surface area contributed by atoms with Crippen LogP contribution in [0.25, 0.3) is 0 Å². The van der Waals surface area contributed by atoms with Crippen LogP contribution in [0.3, 0.4) is 0 Å². The Kier molecular flexibility index (Phi) is 3.30. The normalized spacial score (nSPS) is 12.5. The van der Waals surface area contributed by atoms with Crippen molar-refractivity contribution in [2.45, 2.75) is 19.5 Å². The molecule has 1 heterocycles. The van der Waals surface area contributed by atoms with Gasteiger partial charge in [0.05, 0.1) is 12.7 Å². The average Bonchev–Trinajstić information content (AvgIpc) is 2.77. The third-order valence-corrected chi connectivity index (χ3v) is 2.50. The van der Waals surface area contributed by atoms with Gasteiger partial charge in [-0.05, 0) is 24.6 Å². The van der Waals surface area contributed by atoms with Crippen LogP contribution < -0.4 is 5.32 Å². The zero-order valence-corrected chi connectivity index (χ0v) is 9.42. The van der Waals surface area contributed by atoms with Crippen molar-refractivity contribution >= 4 is 0 Å². The molecule has 0 amide bonds.